The molecule has 0 saturated carbocycles. The van der Waals surface area contributed by atoms with E-state index in [4.69, 9.17) is 0 Å². The van der Waals surface area contributed by atoms with Crippen LogP contribution in [0.25, 0.3) is 0 Å². The fraction of sp³-hybridized carbons (Fsp3) is 0.455. The van der Waals surface area contributed by atoms with Crippen molar-refractivity contribution in [3.63, 3.8) is 0 Å². The Hall–Kier alpha value is -2.50. The number of halogens is 2. The van der Waals surface area contributed by atoms with E-state index in [1.54, 1.807) is 24.5 Å². The third kappa shape index (κ3) is 7.57. The Kier molecular flexibility index (Phi) is 10.6. The molecule has 10 heteroatoms. The van der Waals surface area contributed by atoms with E-state index in [2.05, 4.69) is 25.2 Å². The number of aliphatic imine (C=N–C) groups is 1. The molecule has 1 aliphatic rings. The summed E-state index contributed by atoms with van der Waals surface area (Å²) in [7, 11) is 1.90. The number of amides is 1. The van der Waals surface area contributed by atoms with Gasteiger partial charge >= 0.3 is 0 Å². The molecule has 2 aromatic rings. The molecular formula is C22H31FIN7O. The van der Waals surface area contributed by atoms with Gasteiger partial charge in [0.15, 0.2) is 5.96 Å². The van der Waals surface area contributed by atoms with Crippen molar-refractivity contribution in [3.8, 4) is 0 Å². The van der Waals surface area contributed by atoms with Gasteiger partial charge in [0.05, 0.1) is 6.54 Å². The van der Waals surface area contributed by atoms with Crippen molar-refractivity contribution in [2.75, 3.05) is 51.2 Å². The van der Waals surface area contributed by atoms with Gasteiger partial charge in [0.2, 0.25) is 11.9 Å². The summed E-state index contributed by atoms with van der Waals surface area (Å²) in [5.41, 5.74) is 0.865. The van der Waals surface area contributed by atoms with Gasteiger partial charge in [-0.1, -0.05) is 12.1 Å². The SMILES string of the molecule is CCNC(=NCCC(=O)N1CCN(c2ncccn2)CC1)N(C)Cc1cccc(F)c1.I. The van der Waals surface area contributed by atoms with E-state index in [1.807, 2.05) is 29.8 Å². The van der Waals surface area contributed by atoms with Crippen LogP contribution in [0.5, 0.6) is 0 Å². The second-order valence-electron chi connectivity index (χ2n) is 7.39. The number of rotatable bonds is 7. The molecule has 8 nitrogen and oxygen atoms in total. The first-order chi connectivity index (χ1) is 15.1. The molecule has 1 aliphatic heterocycles. The number of benzene rings is 1. The molecule has 32 heavy (non-hydrogen) atoms. The van der Waals surface area contributed by atoms with E-state index in [-0.39, 0.29) is 35.7 Å². The van der Waals surface area contributed by atoms with Crippen LogP contribution >= 0.6 is 24.0 Å². The van der Waals surface area contributed by atoms with E-state index in [1.165, 1.54) is 12.1 Å². The fourth-order valence-electron chi connectivity index (χ4n) is 3.48. The summed E-state index contributed by atoms with van der Waals surface area (Å²) in [6.45, 7) is 6.38. The lowest BCUT2D eigenvalue weighted by atomic mass is 10.2. The van der Waals surface area contributed by atoms with Gasteiger partial charge in [0.1, 0.15) is 5.82 Å². The Bertz CT molecular complexity index is 876. The third-order valence-corrected chi connectivity index (χ3v) is 5.06. The van der Waals surface area contributed by atoms with Crippen molar-refractivity contribution in [1.82, 2.24) is 25.1 Å². The van der Waals surface area contributed by atoms with Crippen LogP contribution in [0.1, 0.15) is 18.9 Å². The highest BCUT2D eigenvalue weighted by Crippen LogP contribution is 2.11. The normalized spacial score (nSPS) is 14.0. The van der Waals surface area contributed by atoms with Crippen molar-refractivity contribution in [1.29, 1.82) is 0 Å². The number of hydrogen-bond donors (Lipinski definition) is 1. The summed E-state index contributed by atoms with van der Waals surface area (Å²) in [5.74, 6) is 1.25. The molecule has 1 amide bonds. The van der Waals surface area contributed by atoms with Gasteiger partial charge in [-0.05, 0) is 30.7 Å². The number of carbonyl (C=O) groups excluding carboxylic acids is 1. The maximum absolute atomic E-state index is 13.4. The van der Waals surface area contributed by atoms with E-state index in [0.717, 1.165) is 18.7 Å². The van der Waals surface area contributed by atoms with Crippen LogP contribution in [0.4, 0.5) is 10.3 Å². The van der Waals surface area contributed by atoms with E-state index < -0.39 is 0 Å². The molecule has 174 valence electrons. The molecule has 1 aromatic heterocycles. The molecule has 0 unspecified atom stereocenters. The van der Waals surface area contributed by atoms with Gasteiger partial charge in [-0.2, -0.15) is 0 Å². The van der Waals surface area contributed by atoms with Gasteiger partial charge in [-0.15, -0.1) is 24.0 Å². The van der Waals surface area contributed by atoms with Crippen LogP contribution in [0.3, 0.4) is 0 Å². The Balaban J connectivity index is 0.00000363. The van der Waals surface area contributed by atoms with Gasteiger partial charge in [-0.3, -0.25) is 9.79 Å². The summed E-state index contributed by atoms with van der Waals surface area (Å²) in [6.07, 6.45) is 3.81. The monoisotopic (exact) mass is 555 g/mol. The molecule has 1 aromatic carbocycles. The largest absolute Gasteiger partial charge is 0.357 e. The van der Waals surface area contributed by atoms with Crippen molar-refractivity contribution in [3.05, 3.63) is 54.1 Å². The van der Waals surface area contributed by atoms with E-state index >= 15 is 0 Å². The highest BCUT2D eigenvalue weighted by molar-refractivity contribution is 14.0. The number of guanidine groups is 1. The van der Waals surface area contributed by atoms with Gasteiger partial charge in [0.25, 0.3) is 0 Å². The average molecular weight is 555 g/mol. The molecule has 0 aliphatic carbocycles. The number of carbonyl (C=O) groups is 1. The number of nitrogens with one attached hydrogen (secondary N) is 1. The zero-order valence-electron chi connectivity index (χ0n) is 18.6. The van der Waals surface area contributed by atoms with Crippen molar-refractivity contribution < 1.29 is 9.18 Å². The van der Waals surface area contributed by atoms with Gasteiger partial charge in [-0.25, -0.2) is 14.4 Å². The molecule has 0 bridgehead atoms. The first kappa shape index (κ1) is 25.8. The maximum Gasteiger partial charge on any atom is 0.225 e. The number of anilines is 1. The Labute approximate surface area is 205 Å². The Morgan fingerprint density at radius 2 is 1.91 bits per heavy atom. The minimum atomic E-state index is -0.252. The summed E-state index contributed by atoms with van der Waals surface area (Å²) in [4.78, 5) is 31.6. The highest BCUT2D eigenvalue weighted by Gasteiger charge is 2.22. The summed E-state index contributed by atoms with van der Waals surface area (Å²) in [6, 6.07) is 8.32. The number of hydrogen-bond acceptors (Lipinski definition) is 5. The first-order valence-electron chi connectivity index (χ1n) is 10.6. The topological polar surface area (TPSA) is 77.0 Å². The summed E-state index contributed by atoms with van der Waals surface area (Å²) >= 11 is 0. The van der Waals surface area contributed by atoms with Crippen LogP contribution in [-0.4, -0.2) is 78.0 Å². The molecule has 2 heterocycles. The second kappa shape index (κ2) is 13.1. The highest BCUT2D eigenvalue weighted by atomic mass is 127. The Morgan fingerprint density at radius 3 is 2.56 bits per heavy atom. The minimum Gasteiger partial charge on any atom is -0.357 e. The minimum absolute atomic E-state index is 0. The molecule has 1 N–H and O–H groups in total. The second-order valence-corrected chi connectivity index (χ2v) is 7.39. The van der Waals surface area contributed by atoms with Crippen LogP contribution in [0.15, 0.2) is 47.7 Å². The van der Waals surface area contributed by atoms with Crippen molar-refractivity contribution >= 4 is 41.8 Å². The zero-order valence-corrected chi connectivity index (χ0v) is 20.9. The predicted octanol–water partition coefficient (Wildman–Crippen LogP) is 2.37. The molecular weight excluding hydrogens is 524 g/mol. The number of aromatic nitrogens is 2. The fourth-order valence-corrected chi connectivity index (χ4v) is 3.48. The summed E-state index contributed by atoms with van der Waals surface area (Å²) < 4.78 is 13.4. The lowest BCUT2D eigenvalue weighted by molar-refractivity contribution is -0.131. The van der Waals surface area contributed by atoms with E-state index in [9.17, 15) is 9.18 Å². The van der Waals surface area contributed by atoms with Gasteiger partial charge in [0, 0.05) is 65.1 Å². The molecule has 1 saturated heterocycles. The molecule has 0 spiro atoms. The van der Waals surface area contributed by atoms with E-state index in [0.29, 0.717) is 51.1 Å². The predicted molar refractivity (Wildman–Crippen MR) is 135 cm³/mol. The average Bonchev–Trinajstić information content (AvgIpc) is 2.79. The van der Waals surface area contributed by atoms with Crippen molar-refractivity contribution in [2.45, 2.75) is 19.9 Å². The van der Waals surface area contributed by atoms with Gasteiger partial charge < -0.3 is 20.0 Å². The zero-order chi connectivity index (χ0) is 22.1. The quantitative estimate of drug-likeness (QED) is 0.321. The van der Waals surface area contributed by atoms with Crippen LogP contribution in [-0.2, 0) is 11.3 Å². The van der Waals surface area contributed by atoms with Crippen LogP contribution < -0.4 is 10.2 Å². The molecule has 1 fully saturated rings. The standard InChI is InChI=1S/C22H30FN7O.HI/c1-3-24-21(28(2)17-18-6-4-7-19(23)16-18)27-11-8-20(31)29-12-14-30(15-13-29)22-25-9-5-10-26-22;/h4-7,9-10,16H,3,8,11-15,17H2,1-2H3,(H,24,27);1H. The Morgan fingerprint density at radius 1 is 1.19 bits per heavy atom. The molecule has 0 atom stereocenters. The number of piperazine rings is 1. The number of nitrogens with zero attached hydrogens (tertiary/aromatic N) is 6. The summed E-state index contributed by atoms with van der Waals surface area (Å²) in [5, 5.41) is 3.23. The molecule has 3 rings (SSSR count). The third-order valence-electron chi connectivity index (χ3n) is 5.06. The van der Waals surface area contributed by atoms with Crippen LogP contribution in [0, 0.1) is 5.82 Å². The van der Waals surface area contributed by atoms with Crippen molar-refractivity contribution in [2.24, 2.45) is 4.99 Å². The lowest BCUT2D eigenvalue weighted by Crippen LogP contribution is -2.49. The smallest absolute Gasteiger partial charge is 0.225 e. The molecule has 0 radical (unpaired) electrons. The van der Waals surface area contributed by atoms with Crippen LogP contribution in [0.2, 0.25) is 0 Å². The maximum atomic E-state index is 13.4. The first-order valence-corrected chi connectivity index (χ1v) is 10.6. The lowest BCUT2D eigenvalue weighted by Gasteiger charge is -2.34.